The van der Waals surface area contributed by atoms with Crippen LogP contribution in [0, 0.1) is 0 Å². The van der Waals surface area contributed by atoms with Crippen molar-refractivity contribution in [2.75, 3.05) is 13.2 Å². The van der Waals surface area contributed by atoms with Gasteiger partial charge in [0.25, 0.3) is 0 Å². The van der Waals surface area contributed by atoms with Gasteiger partial charge >= 0.3 is 6.03 Å². The van der Waals surface area contributed by atoms with Crippen molar-refractivity contribution in [1.29, 1.82) is 0 Å². The molecule has 0 aliphatic carbocycles. The maximum absolute atomic E-state index is 12.1. The lowest BCUT2D eigenvalue weighted by Crippen LogP contribution is -2.43. The zero-order valence-electron chi connectivity index (χ0n) is 12.3. The number of aliphatic hydroxyl groups excluding tert-OH is 1. The van der Waals surface area contributed by atoms with Crippen LogP contribution in [0.25, 0.3) is 0 Å². The number of aromatic nitrogens is 1. The molecule has 5 nitrogen and oxygen atoms in total. The molecule has 1 aliphatic heterocycles. The molecule has 0 bridgehead atoms. The van der Waals surface area contributed by atoms with Gasteiger partial charge in [0.15, 0.2) is 0 Å². The molecule has 2 rings (SSSR count). The minimum atomic E-state index is -0.105. The van der Waals surface area contributed by atoms with Crippen molar-refractivity contribution in [3.05, 3.63) is 16.1 Å². The third kappa shape index (κ3) is 3.49. The van der Waals surface area contributed by atoms with Crippen molar-refractivity contribution in [2.24, 2.45) is 0 Å². The molecule has 2 heterocycles. The van der Waals surface area contributed by atoms with Crippen LogP contribution >= 0.6 is 11.3 Å². The Kier molecular flexibility index (Phi) is 4.65. The SMILES string of the molecule is CC(C)(C)c1nc(CNC(=O)N2CCCC2CO)cs1. The number of aliphatic hydroxyl groups is 1. The standard InChI is InChI=1S/C14H23N3O2S/c1-14(2,3)12-16-10(9-20-12)7-15-13(19)17-6-4-5-11(17)8-18/h9,11,18H,4-8H2,1-3H3,(H,15,19). The fraction of sp³-hybridized carbons (Fsp3) is 0.714. The van der Waals surface area contributed by atoms with Crippen LogP contribution < -0.4 is 5.32 Å². The summed E-state index contributed by atoms with van der Waals surface area (Å²) in [6.07, 6.45) is 1.85. The molecule has 1 unspecified atom stereocenters. The second-order valence-electron chi connectivity index (χ2n) is 6.22. The third-order valence-electron chi connectivity index (χ3n) is 3.46. The molecule has 112 valence electrons. The van der Waals surface area contributed by atoms with E-state index in [0.29, 0.717) is 6.54 Å². The van der Waals surface area contributed by atoms with E-state index in [0.717, 1.165) is 30.1 Å². The zero-order chi connectivity index (χ0) is 14.8. The van der Waals surface area contributed by atoms with Crippen LogP contribution in [0.3, 0.4) is 0 Å². The highest BCUT2D eigenvalue weighted by Gasteiger charge is 2.28. The van der Waals surface area contributed by atoms with Gasteiger partial charge in [-0.1, -0.05) is 20.8 Å². The number of amides is 2. The summed E-state index contributed by atoms with van der Waals surface area (Å²) in [4.78, 5) is 18.3. The van der Waals surface area contributed by atoms with E-state index in [1.807, 2.05) is 5.38 Å². The number of likely N-dealkylation sites (tertiary alicyclic amines) is 1. The van der Waals surface area contributed by atoms with Crippen molar-refractivity contribution < 1.29 is 9.90 Å². The average molecular weight is 297 g/mol. The predicted octanol–water partition coefficient (Wildman–Crippen LogP) is 2.11. The van der Waals surface area contributed by atoms with Gasteiger partial charge in [0.05, 0.1) is 29.9 Å². The van der Waals surface area contributed by atoms with Crippen LogP contribution in [0.5, 0.6) is 0 Å². The molecule has 0 saturated carbocycles. The van der Waals surface area contributed by atoms with Gasteiger partial charge in [-0.2, -0.15) is 0 Å². The minimum Gasteiger partial charge on any atom is -0.394 e. The monoisotopic (exact) mass is 297 g/mol. The molecule has 2 amide bonds. The highest BCUT2D eigenvalue weighted by Crippen LogP contribution is 2.25. The molecule has 20 heavy (non-hydrogen) atoms. The van der Waals surface area contributed by atoms with Gasteiger partial charge < -0.3 is 15.3 Å². The molecule has 0 radical (unpaired) electrons. The molecule has 6 heteroatoms. The summed E-state index contributed by atoms with van der Waals surface area (Å²) in [7, 11) is 0. The molecular formula is C14H23N3O2S. The van der Waals surface area contributed by atoms with E-state index >= 15 is 0 Å². The van der Waals surface area contributed by atoms with Crippen molar-refractivity contribution >= 4 is 17.4 Å². The van der Waals surface area contributed by atoms with Crippen molar-refractivity contribution in [2.45, 2.75) is 51.6 Å². The van der Waals surface area contributed by atoms with Gasteiger partial charge in [0.2, 0.25) is 0 Å². The summed E-state index contributed by atoms with van der Waals surface area (Å²) in [5.41, 5.74) is 0.942. The van der Waals surface area contributed by atoms with Gasteiger partial charge in [0.1, 0.15) is 0 Å². The number of carbonyl (C=O) groups is 1. The van der Waals surface area contributed by atoms with Crippen LogP contribution in [0.2, 0.25) is 0 Å². The lowest BCUT2D eigenvalue weighted by Gasteiger charge is -2.23. The highest BCUT2D eigenvalue weighted by molar-refractivity contribution is 7.09. The summed E-state index contributed by atoms with van der Waals surface area (Å²) in [5, 5.41) is 15.2. The van der Waals surface area contributed by atoms with Gasteiger partial charge in [-0.15, -0.1) is 11.3 Å². The number of hydrogen-bond acceptors (Lipinski definition) is 4. The first-order valence-corrected chi connectivity index (χ1v) is 7.90. The minimum absolute atomic E-state index is 0.0319. The Balaban J connectivity index is 1.89. The Bertz CT molecular complexity index is 467. The Labute approximate surface area is 124 Å². The van der Waals surface area contributed by atoms with Crippen LogP contribution in [0.1, 0.15) is 44.3 Å². The fourth-order valence-electron chi connectivity index (χ4n) is 2.29. The van der Waals surface area contributed by atoms with Crippen LogP contribution in [-0.4, -0.2) is 40.2 Å². The van der Waals surface area contributed by atoms with E-state index in [4.69, 9.17) is 0 Å². The molecule has 0 spiro atoms. The van der Waals surface area contributed by atoms with Crippen LogP contribution in [-0.2, 0) is 12.0 Å². The number of carbonyl (C=O) groups excluding carboxylic acids is 1. The van der Waals surface area contributed by atoms with Crippen molar-refractivity contribution in [3.8, 4) is 0 Å². The predicted molar refractivity (Wildman–Crippen MR) is 79.9 cm³/mol. The number of hydrogen-bond donors (Lipinski definition) is 2. The molecule has 1 aliphatic rings. The van der Waals surface area contributed by atoms with Crippen LogP contribution in [0.4, 0.5) is 4.79 Å². The number of thiazole rings is 1. The van der Waals surface area contributed by atoms with Gasteiger partial charge in [-0.25, -0.2) is 9.78 Å². The van der Waals surface area contributed by atoms with E-state index in [9.17, 15) is 9.90 Å². The van der Waals surface area contributed by atoms with E-state index in [1.165, 1.54) is 0 Å². The molecule has 1 aromatic heterocycles. The number of nitrogens with zero attached hydrogens (tertiary/aromatic N) is 2. The van der Waals surface area contributed by atoms with E-state index in [1.54, 1.807) is 16.2 Å². The number of urea groups is 1. The molecule has 2 N–H and O–H groups in total. The lowest BCUT2D eigenvalue weighted by atomic mass is 9.98. The number of rotatable bonds is 3. The zero-order valence-corrected chi connectivity index (χ0v) is 13.2. The first-order chi connectivity index (χ1) is 9.41. The fourth-order valence-corrected chi connectivity index (χ4v) is 3.20. The van der Waals surface area contributed by atoms with Crippen molar-refractivity contribution in [1.82, 2.24) is 15.2 Å². The summed E-state index contributed by atoms with van der Waals surface area (Å²) >= 11 is 1.63. The average Bonchev–Trinajstić information content (AvgIpc) is 3.03. The maximum Gasteiger partial charge on any atom is 0.318 e. The topological polar surface area (TPSA) is 65.5 Å². The van der Waals surface area contributed by atoms with E-state index in [2.05, 4.69) is 31.1 Å². The van der Waals surface area contributed by atoms with E-state index in [-0.39, 0.29) is 24.1 Å². The quantitative estimate of drug-likeness (QED) is 0.898. The molecule has 1 aromatic rings. The third-order valence-corrected chi connectivity index (χ3v) is 4.78. The summed E-state index contributed by atoms with van der Waals surface area (Å²) in [5.74, 6) is 0. The summed E-state index contributed by atoms with van der Waals surface area (Å²) < 4.78 is 0. The molecule has 1 saturated heterocycles. The smallest absolute Gasteiger partial charge is 0.318 e. The Hall–Kier alpha value is -1.14. The highest BCUT2D eigenvalue weighted by atomic mass is 32.1. The molecule has 1 fully saturated rings. The number of nitrogens with one attached hydrogen (secondary N) is 1. The Morgan fingerprint density at radius 1 is 1.60 bits per heavy atom. The summed E-state index contributed by atoms with van der Waals surface area (Å²) in [6, 6.07) is -0.137. The molecule has 1 atom stereocenters. The second-order valence-corrected chi connectivity index (χ2v) is 7.08. The van der Waals surface area contributed by atoms with Gasteiger partial charge in [-0.05, 0) is 12.8 Å². The van der Waals surface area contributed by atoms with Gasteiger partial charge in [0, 0.05) is 17.3 Å². The Morgan fingerprint density at radius 3 is 2.95 bits per heavy atom. The summed E-state index contributed by atoms with van der Waals surface area (Å²) in [6.45, 7) is 7.60. The normalized spacial score (nSPS) is 19.4. The van der Waals surface area contributed by atoms with E-state index < -0.39 is 0 Å². The first-order valence-electron chi connectivity index (χ1n) is 7.02. The largest absolute Gasteiger partial charge is 0.394 e. The second kappa shape index (κ2) is 6.10. The van der Waals surface area contributed by atoms with Gasteiger partial charge in [-0.3, -0.25) is 0 Å². The van der Waals surface area contributed by atoms with Crippen molar-refractivity contribution in [3.63, 3.8) is 0 Å². The molecule has 0 aromatic carbocycles. The van der Waals surface area contributed by atoms with Crippen LogP contribution in [0.15, 0.2) is 5.38 Å². The maximum atomic E-state index is 12.1. The first kappa shape index (κ1) is 15.3. The Morgan fingerprint density at radius 2 is 2.35 bits per heavy atom. The lowest BCUT2D eigenvalue weighted by molar-refractivity contribution is 0.157. The molecular weight excluding hydrogens is 274 g/mol.